The number of aryl methyl sites for hydroxylation is 1. The lowest BCUT2D eigenvalue weighted by atomic mass is 9.82. The highest BCUT2D eigenvalue weighted by Gasteiger charge is 2.35. The molecule has 2 aromatic rings. The van der Waals surface area contributed by atoms with Crippen molar-refractivity contribution >= 4 is 23.4 Å². The van der Waals surface area contributed by atoms with Gasteiger partial charge < -0.3 is 20.1 Å². The number of ether oxygens (including phenoxy) is 2. The van der Waals surface area contributed by atoms with Crippen LogP contribution in [0.4, 0.5) is 5.69 Å². The van der Waals surface area contributed by atoms with Gasteiger partial charge in [-0.1, -0.05) is 24.3 Å². The van der Waals surface area contributed by atoms with Gasteiger partial charge in [0.05, 0.1) is 36.8 Å². The van der Waals surface area contributed by atoms with Gasteiger partial charge in [-0.05, 0) is 49.4 Å². The molecule has 31 heavy (non-hydrogen) atoms. The summed E-state index contributed by atoms with van der Waals surface area (Å²) in [5, 5.41) is 17.0. The van der Waals surface area contributed by atoms with Gasteiger partial charge in [-0.2, -0.15) is 5.26 Å². The van der Waals surface area contributed by atoms with Crippen LogP contribution >= 0.6 is 11.8 Å². The summed E-state index contributed by atoms with van der Waals surface area (Å²) >= 11 is 1.44. The number of hydrogen-bond acceptors (Lipinski definition) is 6. The summed E-state index contributed by atoms with van der Waals surface area (Å²) in [4.78, 5) is 13.4. The summed E-state index contributed by atoms with van der Waals surface area (Å²) in [5.74, 6) is 0.321. The van der Waals surface area contributed by atoms with Gasteiger partial charge in [0.2, 0.25) is 0 Å². The molecule has 2 N–H and O–H groups in total. The van der Waals surface area contributed by atoms with E-state index in [1.54, 1.807) is 20.3 Å². The number of nitriles is 1. The van der Waals surface area contributed by atoms with Crippen molar-refractivity contribution in [2.45, 2.75) is 19.8 Å². The Morgan fingerprint density at radius 1 is 1.13 bits per heavy atom. The Kier molecular flexibility index (Phi) is 6.93. The number of allylic oxidation sites excluding steroid dienone is 2. The molecular formula is C24H25N3O3S. The van der Waals surface area contributed by atoms with Crippen molar-refractivity contribution in [2.24, 2.45) is 0 Å². The minimum atomic E-state index is -0.544. The highest BCUT2D eigenvalue weighted by Crippen LogP contribution is 2.42. The number of thioether (sulfide) groups is 1. The lowest BCUT2D eigenvalue weighted by Gasteiger charge is -2.30. The molecule has 1 atom stereocenters. The monoisotopic (exact) mass is 435 g/mol. The lowest BCUT2D eigenvalue weighted by molar-refractivity contribution is -0.113. The van der Waals surface area contributed by atoms with Gasteiger partial charge in [-0.25, -0.2) is 0 Å². The molecule has 1 amide bonds. The molecule has 0 saturated heterocycles. The van der Waals surface area contributed by atoms with Crippen LogP contribution in [0.5, 0.6) is 11.5 Å². The van der Waals surface area contributed by atoms with Crippen molar-refractivity contribution in [3.63, 3.8) is 0 Å². The van der Waals surface area contributed by atoms with E-state index in [0.29, 0.717) is 28.3 Å². The zero-order valence-electron chi connectivity index (χ0n) is 18.2. The SMILES string of the molecule is COc1ccc([C@@H]2C(C#N)=C(SC)NC(C)=C2C(=O)Nc2ccccc2C)cc1OC. The number of carbonyl (C=O) groups is 1. The van der Waals surface area contributed by atoms with E-state index in [4.69, 9.17) is 9.47 Å². The Morgan fingerprint density at radius 2 is 1.84 bits per heavy atom. The van der Waals surface area contributed by atoms with E-state index >= 15 is 0 Å². The standard InChI is InChI=1S/C24H25N3O3S/c1-14-8-6-7-9-18(14)27-23(28)21-15(2)26-24(31-5)17(13-25)22(21)16-10-11-19(29-3)20(12-16)30-4/h6-12,22,26H,1-5H3,(H,27,28)/t22-/m1/s1. The average molecular weight is 436 g/mol. The van der Waals surface area contributed by atoms with Crippen molar-refractivity contribution in [3.8, 4) is 17.6 Å². The summed E-state index contributed by atoms with van der Waals surface area (Å²) in [5.41, 5.74) is 4.15. The fourth-order valence-electron chi connectivity index (χ4n) is 3.64. The highest BCUT2D eigenvalue weighted by atomic mass is 32.2. The van der Waals surface area contributed by atoms with Crippen molar-refractivity contribution < 1.29 is 14.3 Å². The number of carbonyl (C=O) groups excluding carboxylic acids is 1. The molecule has 0 unspecified atom stereocenters. The molecule has 1 heterocycles. The molecule has 0 saturated carbocycles. The lowest BCUT2D eigenvalue weighted by Crippen LogP contribution is -2.30. The predicted octanol–water partition coefficient (Wildman–Crippen LogP) is 4.71. The third kappa shape index (κ3) is 4.39. The van der Waals surface area contributed by atoms with E-state index in [-0.39, 0.29) is 5.91 Å². The maximum absolute atomic E-state index is 13.4. The quantitative estimate of drug-likeness (QED) is 0.684. The first-order valence-electron chi connectivity index (χ1n) is 9.70. The number of rotatable bonds is 6. The number of dihydropyridines is 1. The average Bonchev–Trinajstić information content (AvgIpc) is 2.79. The first kappa shape index (κ1) is 22.3. The molecule has 160 valence electrons. The van der Waals surface area contributed by atoms with Crippen LogP contribution in [0.2, 0.25) is 0 Å². The number of hydrogen-bond donors (Lipinski definition) is 2. The van der Waals surface area contributed by atoms with Crippen LogP contribution in [0.15, 0.2) is 64.3 Å². The van der Waals surface area contributed by atoms with E-state index in [2.05, 4.69) is 16.7 Å². The summed E-state index contributed by atoms with van der Waals surface area (Å²) < 4.78 is 10.8. The molecule has 0 spiro atoms. The van der Waals surface area contributed by atoms with Crippen LogP contribution in [0, 0.1) is 18.3 Å². The molecule has 7 heteroatoms. The zero-order valence-corrected chi connectivity index (χ0v) is 19.0. The Hall–Kier alpha value is -3.37. The van der Waals surface area contributed by atoms with Crippen LogP contribution in [-0.4, -0.2) is 26.4 Å². The zero-order chi connectivity index (χ0) is 22.5. The number of benzene rings is 2. The number of para-hydroxylation sites is 1. The van der Waals surface area contributed by atoms with Gasteiger partial charge in [-0.15, -0.1) is 11.8 Å². The van der Waals surface area contributed by atoms with Crippen molar-refractivity contribution in [1.29, 1.82) is 5.26 Å². The predicted molar refractivity (Wildman–Crippen MR) is 124 cm³/mol. The molecular weight excluding hydrogens is 410 g/mol. The molecule has 1 aliphatic rings. The Morgan fingerprint density at radius 3 is 2.45 bits per heavy atom. The number of anilines is 1. The topological polar surface area (TPSA) is 83.4 Å². The van der Waals surface area contributed by atoms with Crippen molar-refractivity contribution in [1.82, 2.24) is 5.32 Å². The fourth-order valence-corrected chi connectivity index (χ4v) is 4.28. The van der Waals surface area contributed by atoms with Gasteiger partial charge in [0.25, 0.3) is 5.91 Å². The Balaban J connectivity index is 2.13. The molecule has 1 aliphatic heterocycles. The van der Waals surface area contributed by atoms with Crippen molar-refractivity contribution in [2.75, 3.05) is 25.8 Å². The van der Waals surface area contributed by atoms with Gasteiger partial charge in [0.1, 0.15) is 0 Å². The van der Waals surface area contributed by atoms with Crippen molar-refractivity contribution in [3.05, 3.63) is 75.5 Å². The van der Waals surface area contributed by atoms with Crippen LogP contribution in [-0.2, 0) is 4.79 Å². The number of nitrogens with one attached hydrogen (secondary N) is 2. The second-order valence-corrected chi connectivity index (χ2v) is 7.86. The van der Waals surface area contributed by atoms with Gasteiger partial charge >= 0.3 is 0 Å². The van der Waals surface area contributed by atoms with E-state index in [9.17, 15) is 10.1 Å². The largest absolute Gasteiger partial charge is 0.493 e. The van der Waals surface area contributed by atoms with E-state index in [1.807, 2.05) is 56.5 Å². The third-order valence-corrected chi connectivity index (χ3v) is 5.96. The molecule has 0 bridgehead atoms. The fraction of sp³-hybridized carbons (Fsp3) is 0.250. The van der Waals surface area contributed by atoms with E-state index < -0.39 is 5.92 Å². The molecule has 3 rings (SSSR count). The number of nitrogens with zero attached hydrogens (tertiary/aromatic N) is 1. The third-order valence-electron chi connectivity index (χ3n) is 5.23. The normalized spacial score (nSPS) is 15.8. The summed E-state index contributed by atoms with van der Waals surface area (Å²) in [6, 6.07) is 15.4. The maximum Gasteiger partial charge on any atom is 0.254 e. The number of amides is 1. The van der Waals surface area contributed by atoms with Crippen LogP contribution < -0.4 is 20.1 Å². The maximum atomic E-state index is 13.4. The highest BCUT2D eigenvalue weighted by molar-refractivity contribution is 8.02. The Bertz CT molecular complexity index is 1120. The van der Waals surface area contributed by atoms with E-state index in [1.165, 1.54) is 11.8 Å². The first-order valence-corrected chi connectivity index (χ1v) is 10.9. The molecule has 0 aliphatic carbocycles. The second-order valence-electron chi connectivity index (χ2n) is 7.04. The van der Waals surface area contributed by atoms with Crippen LogP contribution in [0.3, 0.4) is 0 Å². The second kappa shape index (κ2) is 9.63. The van der Waals surface area contributed by atoms with Gasteiger partial charge in [0.15, 0.2) is 11.5 Å². The molecule has 6 nitrogen and oxygen atoms in total. The molecule has 2 aromatic carbocycles. The summed E-state index contributed by atoms with van der Waals surface area (Å²) in [7, 11) is 3.13. The van der Waals surface area contributed by atoms with Crippen LogP contribution in [0.1, 0.15) is 24.0 Å². The first-order chi connectivity index (χ1) is 14.9. The molecule has 0 aromatic heterocycles. The summed E-state index contributed by atoms with van der Waals surface area (Å²) in [6.45, 7) is 3.79. The smallest absolute Gasteiger partial charge is 0.254 e. The molecule has 0 fully saturated rings. The number of methoxy groups -OCH3 is 2. The van der Waals surface area contributed by atoms with E-state index in [0.717, 1.165) is 21.8 Å². The molecule has 0 radical (unpaired) electrons. The minimum absolute atomic E-state index is 0.257. The summed E-state index contributed by atoms with van der Waals surface area (Å²) in [6.07, 6.45) is 1.90. The van der Waals surface area contributed by atoms with Crippen LogP contribution in [0.25, 0.3) is 0 Å². The Labute approximate surface area is 186 Å². The minimum Gasteiger partial charge on any atom is -0.493 e. The van der Waals surface area contributed by atoms with Gasteiger partial charge in [-0.3, -0.25) is 4.79 Å². The van der Waals surface area contributed by atoms with Gasteiger partial charge in [0, 0.05) is 17.0 Å².